The minimum absolute atomic E-state index is 0.0583. The molecule has 2 heteroatoms. The van der Waals surface area contributed by atoms with Crippen LogP contribution < -0.4 is 0 Å². The molecule has 0 aliphatic carbocycles. The van der Waals surface area contributed by atoms with E-state index in [0.29, 0.717) is 0 Å². The number of ketones is 1. The fourth-order valence-corrected chi connectivity index (χ4v) is 2.71. The third-order valence-electron chi connectivity index (χ3n) is 3.00. The van der Waals surface area contributed by atoms with Gasteiger partial charge in [-0.1, -0.05) is 54.6 Å². The van der Waals surface area contributed by atoms with Crippen LogP contribution in [0, 0.1) is 0 Å². The summed E-state index contributed by atoms with van der Waals surface area (Å²) in [6, 6.07) is 18.0. The van der Waals surface area contributed by atoms with Crippen LogP contribution in [0.25, 0.3) is 16.8 Å². The van der Waals surface area contributed by atoms with E-state index in [1.54, 1.807) is 6.08 Å². The molecule has 0 N–H and O–H groups in total. The highest BCUT2D eigenvalue weighted by Gasteiger charge is 2.02. The molecule has 1 nitrogen and oxygen atoms in total. The first kappa shape index (κ1) is 11.9. The van der Waals surface area contributed by atoms with Gasteiger partial charge in [0.05, 0.1) is 4.88 Å². The van der Waals surface area contributed by atoms with Crippen molar-refractivity contribution >= 4 is 34.0 Å². The molecule has 3 rings (SSSR count). The fourth-order valence-electron chi connectivity index (χ4n) is 2.06. The molecule has 0 spiro atoms. The van der Waals surface area contributed by atoms with Gasteiger partial charge in [0, 0.05) is 0 Å². The summed E-state index contributed by atoms with van der Waals surface area (Å²) in [5, 5.41) is 4.27. The summed E-state index contributed by atoms with van der Waals surface area (Å²) in [6.07, 6.45) is 3.54. The van der Waals surface area contributed by atoms with E-state index in [1.165, 1.54) is 22.1 Å². The Morgan fingerprint density at radius 2 is 1.79 bits per heavy atom. The van der Waals surface area contributed by atoms with Gasteiger partial charge in [-0.25, -0.2) is 0 Å². The van der Waals surface area contributed by atoms with E-state index in [4.69, 9.17) is 0 Å². The first-order valence-corrected chi connectivity index (χ1v) is 6.96. The molecular formula is C17H12OS. The summed E-state index contributed by atoms with van der Waals surface area (Å²) >= 11 is 1.47. The van der Waals surface area contributed by atoms with Gasteiger partial charge in [0.2, 0.25) is 0 Å². The molecule has 92 valence electrons. The topological polar surface area (TPSA) is 17.1 Å². The molecule has 0 amide bonds. The summed E-state index contributed by atoms with van der Waals surface area (Å²) in [6.45, 7) is 0. The highest BCUT2D eigenvalue weighted by atomic mass is 32.1. The normalized spacial score (nSPS) is 11.2. The molecule has 1 heterocycles. The number of hydrogen-bond donors (Lipinski definition) is 0. The third kappa shape index (κ3) is 2.49. The van der Waals surface area contributed by atoms with Gasteiger partial charge < -0.3 is 0 Å². The van der Waals surface area contributed by atoms with Gasteiger partial charge in [0.15, 0.2) is 5.78 Å². The minimum Gasteiger partial charge on any atom is -0.288 e. The van der Waals surface area contributed by atoms with E-state index in [9.17, 15) is 4.79 Å². The van der Waals surface area contributed by atoms with Crippen molar-refractivity contribution in [1.29, 1.82) is 0 Å². The smallest absolute Gasteiger partial charge is 0.195 e. The van der Waals surface area contributed by atoms with E-state index in [1.807, 2.05) is 47.9 Å². The van der Waals surface area contributed by atoms with Gasteiger partial charge in [0.25, 0.3) is 0 Å². The first-order chi connectivity index (χ1) is 9.34. The van der Waals surface area contributed by atoms with Gasteiger partial charge in [0.1, 0.15) is 0 Å². The fraction of sp³-hybridized carbons (Fsp3) is 0. The zero-order valence-electron chi connectivity index (χ0n) is 10.2. The maximum absolute atomic E-state index is 11.9. The average Bonchev–Trinajstić information content (AvgIpc) is 2.99. The van der Waals surface area contributed by atoms with Gasteiger partial charge in [-0.05, 0) is 33.9 Å². The Hall–Kier alpha value is -2.19. The molecule has 0 bridgehead atoms. The number of benzene rings is 2. The summed E-state index contributed by atoms with van der Waals surface area (Å²) < 4.78 is 0. The number of allylic oxidation sites excluding steroid dienone is 1. The van der Waals surface area contributed by atoms with Crippen LogP contribution >= 0.6 is 11.3 Å². The predicted octanol–water partition coefficient (Wildman–Crippen LogP) is 4.80. The van der Waals surface area contributed by atoms with Gasteiger partial charge in [-0.3, -0.25) is 4.79 Å². The molecule has 0 unspecified atom stereocenters. The average molecular weight is 264 g/mol. The lowest BCUT2D eigenvalue weighted by atomic mass is 10.0. The monoisotopic (exact) mass is 264 g/mol. The number of thiophene rings is 1. The van der Waals surface area contributed by atoms with Crippen molar-refractivity contribution in [2.45, 2.75) is 0 Å². The summed E-state index contributed by atoms with van der Waals surface area (Å²) in [7, 11) is 0. The minimum atomic E-state index is 0.0583. The largest absolute Gasteiger partial charge is 0.288 e. The number of fused-ring (bicyclic) bond motifs is 1. The third-order valence-corrected chi connectivity index (χ3v) is 3.89. The highest BCUT2D eigenvalue weighted by molar-refractivity contribution is 7.12. The number of carbonyl (C=O) groups excluding carboxylic acids is 1. The maximum Gasteiger partial charge on any atom is 0.195 e. The van der Waals surface area contributed by atoms with Crippen molar-refractivity contribution in [3.8, 4) is 0 Å². The first-order valence-electron chi connectivity index (χ1n) is 6.08. The summed E-state index contributed by atoms with van der Waals surface area (Å²) in [5.41, 5.74) is 1.07. The lowest BCUT2D eigenvalue weighted by molar-refractivity contribution is 0.105. The Morgan fingerprint density at radius 3 is 2.63 bits per heavy atom. The van der Waals surface area contributed by atoms with E-state index in [2.05, 4.69) is 18.2 Å². The van der Waals surface area contributed by atoms with Crippen LogP contribution in [0.15, 0.2) is 66.1 Å². The van der Waals surface area contributed by atoms with Crippen molar-refractivity contribution in [3.05, 3.63) is 76.5 Å². The van der Waals surface area contributed by atoms with Gasteiger partial charge in [-0.15, -0.1) is 11.3 Å². The second-order valence-electron chi connectivity index (χ2n) is 4.24. The van der Waals surface area contributed by atoms with Crippen LogP contribution in [-0.4, -0.2) is 5.78 Å². The second kappa shape index (κ2) is 5.21. The van der Waals surface area contributed by atoms with Crippen molar-refractivity contribution in [2.75, 3.05) is 0 Å². The Labute approximate surface area is 115 Å². The standard InChI is InChI=1S/C17H12OS/c18-16(17-9-4-12-19-17)11-10-14-7-3-6-13-5-1-2-8-15(13)14/h1-12H/b11-10+. The van der Waals surface area contributed by atoms with Crippen LogP contribution in [0.1, 0.15) is 15.2 Å². The lowest BCUT2D eigenvalue weighted by Crippen LogP contribution is -1.88. The SMILES string of the molecule is O=C(/C=C/c1cccc2ccccc12)c1cccs1. The molecule has 0 aliphatic heterocycles. The van der Waals surface area contributed by atoms with Crippen molar-refractivity contribution < 1.29 is 4.79 Å². The highest BCUT2D eigenvalue weighted by Crippen LogP contribution is 2.20. The maximum atomic E-state index is 11.9. The molecule has 0 saturated carbocycles. The summed E-state index contributed by atoms with van der Waals surface area (Å²) in [5.74, 6) is 0.0583. The van der Waals surface area contributed by atoms with E-state index >= 15 is 0 Å². The Balaban J connectivity index is 1.95. The van der Waals surface area contributed by atoms with Crippen molar-refractivity contribution in [1.82, 2.24) is 0 Å². The molecule has 0 fully saturated rings. The molecule has 0 saturated heterocycles. The van der Waals surface area contributed by atoms with Crippen LogP contribution in [0.3, 0.4) is 0 Å². The molecule has 0 radical (unpaired) electrons. The number of hydrogen-bond acceptors (Lipinski definition) is 2. The summed E-state index contributed by atoms with van der Waals surface area (Å²) in [4.78, 5) is 12.7. The molecule has 19 heavy (non-hydrogen) atoms. The second-order valence-corrected chi connectivity index (χ2v) is 5.19. The quantitative estimate of drug-likeness (QED) is 0.490. The van der Waals surface area contributed by atoms with Crippen molar-refractivity contribution in [2.24, 2.45) is 0 Å². The lowest BCUT2D eigenvalue weighted by Gasteiger charge is -2.01. The molecule has 1 aromatic heterocycles. The molecule has 2 aromatic carbocycles. The zero-order chi connectivity index (χ0) is 13.1. The van der Waals surface area contributed by atoms with E-state index < -0.39 is 0 Å². The van der Waals surface area contributed by atoms with Crippen molar-refractivity contribution in [3.63, 3.8) is 0 Å². The number of carbonyl (C=O) groups is 1. The Morgan fingerprint density at radius 1 is 0.947 bits per heavy atom. The van der Waals surface area contributed by atoms with Crippen LogP contribution in [0.2, 0.25) is 0 Å². The molecule has 3 aromatic rings. The van der Waals surface area contributed by atoms with Gasteiger partial charge >= 0.3 is 0 Å². The Kier molecular flexibility index (Phi) is 3.25. The molecular weight excluding hydrogens is 252 g/mol. The Bertz CT molecular complexity index is 734. The van der Waals surface area contributed by atoms with Crippen LogP contribution in [-0.2, 0) is 0 Å². The van der Waals surface area contributed by atoms with Gasteiger partial charge in [-0.2, -0.15) is 0 Å². The molecule has 0 atom stereocenters. The van der Waals surface area contributed by atoms with E-state index in [-0.39, 0.29) is 5.78 Å². The molecule has 0 aliphatic rings. The number of rotatable bonds is 3. The van der Waals surface area contributed by atoms with Crippen LogP contribution in [0.4, 0.5) is 0 Å². The van der Waals surface area contributed by atoms with E-state index in [0.717, 1.165) is 10.4 Å². The van der Waals surface area contributed by atoms with Crippen LogP contribution in [0.5, 0.6) is 0 Å². The predicted molar refractivity (Wildman–Crippen MR) is 81.6 cm³/mol. The zero-order valence-corrected chi connectivity index (χ0v) is 11.1.